The maximum Gasteiger partial charge on any atom is 0.311 e. The smallest absolute Gasteiger partial charge is 0.311 e. The summed E-state index contributed by atoms with van der Waals surface area (Å²) in [6.07, 6.45) is 0. The minimum atomic E-state index is -0.533. The Labute approximate surface area is 170 Å². The van der Waals surface area contributed by atoms with E-state index in [4.69, 9.17) is 9.15 Å². The van der Waals surface area contributed by atoms with Crippen molar-refractivity contribution in [3.8, 4) is 17.2 Å². The lowest BCUT2D eigenvalue weighted by atomic mass is 10.1. The second kappa shape index (κ2) is 8.74. The van der Waals surface area contributed by atoms with E-state index in [-0.39, 0.29) is 28.3 Å². The number of carbonyl (C=O) groups excluding carboxylic acids is 1. The van der Waals surface area contributed by atoms with E-state index in [0.717, 1.165) is 22.9 Å². The van der Waals surface area contributed by atoms with Gasteiger partial charge < -0.3 is 14.5 Å². The summed E-state index contributed by atoms with van der Waals surface area (Å²) >= 11 is 1.10. The number of amides is 1. The molecule has 0 bridgehead atoms. The molecule has 0 unspecified atom stereocenters. The molecule has 0 aliphatic carbocycles. The van der Waals surface area contributed by atoms with Crippen LogP contribution in [0.15, 0.2) is 46.0 Å². The molecular weight excluding hydrogens is 396 g/mol. The Morgan fingerprint density at radius 3 is 2.69 bits per heavy atom. The van der Waals surface area contributed by atoms with Crippen LogP contribution in [0.5, 0.6) is 5.75 Å². The van der Waals surface area contributed by atoms with Gasteiger partial charge in [-0.15, -0.1) is 10.2 Å². The fourth-order valence-electron chi connectivity index (χ4n) is 2.62. The average molecular weight is 414 g/mol. The van der Waals surface area contributed by atoms with Crippen LogP contribution < -0.4 is 10.1 Å². The topological polar surface area (TPSA) is 120 Å². The molecule has 0 atom stereocenters. The molecule has 0 saturated heterocycles. The number of methoxy groups -OCH3 is 1. The van der Waals surface area contributed by atoms with Crippen molar-refractivity contribution < 1.29 is 18.9 Å². The van der Waals surface area contributed by atoms with Gasteiger partial charge in [0.25, 0.3) is 5.22 Å². The lowest BCUT2D eigenvalue weighted by molar-refractivity contribution is -0.385. The Kier molecular flexibility index (Phi) is 6.13. The Morgan fingerprint density at radius 2 is 2.00 bits per heavy atom. The van der Waals surface area contributed by atoms with Gasteiger partial charge in [0.2, 0.25) is 11.8 Å². The highest BCUT2D eigenvalue weighted by Gasteiger charge is 2.19. The lowest BCUT2D eigenvalue weighted by Gasteiger charge is -2.10. The largest absolute Gasteiger partial charge is 0.490 e. The zero-order chi connectivity index (χ0) is 21.0. The molecule has 0 aliphatic rings. The second-order valence-electron chi connectivity index (χ2n) is 6.12. The number of hydrogen-bond acceptors (Lipinski definition) is 8. The third kappa shape index (κ3) is 4.72. The first-order valence-corrected chi connectivity index (χ1v) is 9.52. The number of rotatable bonds is 7. The molecule has 9 nitrogen and oxygen atoms in total. The van der Waals surface area contributed by atoms with Crippen LogP contribution in [0.4, 0.5) is 11.4 Å². The standard InChI is InChI=1S/C19H18N4O5S/c1-11-6-4-5-7-13(11)18-21-22-19(28-18)29-10-17(24)20-14-9-16(27-3)15(23(25)26)8-12(14)2/h4-9H,10H2,1-3H3,(H,20,24). The van der Waals surface area contributed by atoms with Gasteiger partial charge in [-0.05, 0) is 31.0 Å². The van der Waals surface area contributed by atoms with Crippen molar-refractivity contribution in [3.05, 3.63) is 57.6 Å². The third-order valence-corrected chi connectivity index (χ3v) is 4.92. The monoisotopic (exact) mass is 414 g/mol. The van der Waals surface area contributed by atoms with Crippen molar-refractivity contribution in [1.29, 1.82) is 0 Å². The number of nitro groups is 1. The van der Waals surface area contributed by atoms with Crippen LogP contribution in [0, 0.1) is 24.0 Å². The van der Waals surface area contributed by atoms with Crippen LogP contribution in [0.1, 0.15) is 11.1 Å². The predicted octanol–water partition coefficient (Wildman–Crippen LogP) is 4.00. The predicted molar refractivity (Wildman–Crippen MR) is 108 cm³/mol. The maximum atomic E-state index is 12.3. The molecule has 0 saturated carbocycles. The zero-order valence-corrected chi connectivity index (χ0v) is 16.8. The molecule has 0 radical (unpaired) electrons. The minimum absolute atomic E-state index is 0.0359. The molecule has 0 fully saturated rings. The molecule has 0 aliphatic heterocycles. The Bertz CT molecular complexity index is 1070. The number of hydrogen-bond donors (Lipinski definition) is 1. The highest BCUT2D eigenvalue weighted by Crippen LogP contribution is 2.33. The van der Waals surface area contributed by atoms with E-state index in [1.807, 2.05) is 31.2 Å². The number of nitro benzene ring substituents is 1. The van der Waals surface area contributed by atoms with Gasteiger partial charge in [-0.1, -0.05) is 30.0 Å². The molecular formula is C19H18N4O5S. The first kappa shape index (κ1) is 20.3. The van der Waals surface area contributed by atoms with E-state index in [1.54, 1.807) is 6.92 Å². The zero-order valence-electron chi connectivity index (χ0n) is 16.0. The van der Waals surface area contributed by atoms with Crippen molar-refractivity contribution in [2.24, 2.45) is 0 Å². The number of anilines is 1. The summed E-state index contributed by atoms with van der Waals surface area (Å²) in [4.78, 5) is 22.8. The lowest BCUT2D eigenvalue weighted by Crippen LogP contribution is -2.15. The highest BCUT2D eigenvalue weighted by atomic mass is 32.2. The molecule has 3 aromatic rings. The van der Waals surface area contributed by atoms with Gasteiger partial charge in [0.1, 0.15) is 0 Å². The van der Waals surface area contributed by atoms with Gasteiger partial charge in [0, 0.05) is 23.4 Å². The van der Waals surface area contributed by atoms with Crippen LogP contribution in [0.3, 0.4) is 0 Å². The average Bonchev–Trinajstić information content (AvgIpc) is 3.16. The van der Waals surface area contributed by atoms with Crippen molar-refractivity contribution in [1.82, 2.24) is 10.2 Å². The van der Waals surface area contributed by atoms with Gasteiger partial charge >= 0.3 is 5.69 Å². The van der Waals surface area contributed by atoms with Crippen LogP contribution in [0.2, 0.25) is 0 Å². The number of nitrogens with one attached hydrogen (secondary N) is 1. The van der Waals surface area contributed by atoms with Gasteiger partial charge in [0.05, 0.1) is 17.8 Å². The summed E-state index contributed by atoms with van der Waals surface area (Å²) in [6.45, 7) is 3.61. The molecule has 1 heterocycles. The summed E-state index contributed by atoms with van der Waals surface area (Å²) in [5.41, 5.74) is 2.67. The Balaban J connectivity index is 1.65. The molecule has 1 aromatic heterocycles. The van der Waals surface area contributed by atoms with Gasteiger partial charge in [-0.2, -0.15) is 0 Å². The van der Waals surface area contributed by atoms with E-state index in [0.29, 0.717) is 17.1 Å². The maximum absolute atomic E-state index is 12.3. The SMILES string of the molecule is COc1cc(NC(=O)CSc2nnc(-c3ccccc3C)o2)c(C)cc1[N+](=O)[O-]. The fourth-order valence-corrected chi connectivity index (χ4v) is 3.18. The normalized spacial score (nSPS) is 10.6. The molecule has 3 rings (SSSR count). The third-order valence-electron chi connectivity index (χ3n) is 4.11. The van der Waals surface area contributed by atoms with Crippen LogP contribution in [-0.4, -0.2) is 33.9 Å². The number of benzene rings is 2. The summed E-state index contributed by atoms with van der Waals surface area (Å²) in [7, 11) is 1.33. The minimum Gasteiger partial charge on any atom is -0.490 e. The molecule has 2 aromatic carbocycles. The van der Waals surface area contributed by atoms with Crippen LogP contribution >= 0.6 is 11.8 Å². The molecule has 29 heavy (non-hydrogen) atoms. The van der Waals surface area contributed by atoms with Crippen molar-refractivity contribution in [3.63, 3.8) is 0 Å². The van der Waals surface area contributed by atoms with Gasteiger partial charge in [-0.25, -0.2) is 0 Å². The van der Waals surface area contributed by atoms with E-state index in [1.165, 1.54) is 19.2 Å². The molecule has 1 amide bonds. The number of aromatic nitrogens is 2. The van der Waals surface area contributed by atoms with Crippen LogP contribution in [0.25, 0.3) is 11.5 Å². The number of aryl methyl sites for hydroxylation is 2. The highest BCUT2D eigenvalue weighted by molar-refractivity contribution is 7.99. The Morgan fingerprint density at radius 1 is 1.24 bits per heavy atom. The fraction of sp³-hybridized carbons (Fsp3) is 0.211. The summed E-state index contributed by atoms with van der Waals surface area (Å²) in [5, 5.41) is 22.0. The second-order valence-corrected chi connectivity index (χ2v) is 7.05. The summed E-state index contributed by atoms with van der Waals surface area (Å²) in [6, 6.07) is 10.4. The number of nitrogens with zero attached hydrogens (tertiary/aromatic N) is 3. The first-order valence-electron chi connectivity index (χ1n) is 8.54. The van der Waals surface area contributed by atoms with E-state index in [9.17, 15) is 14.9 Å². The van der Waals surface area contributed by atoms with E-state index >= 15 is 0 Å². The van der Waals surface area contributed by atoms with Gasteiger partial charge in [0.15, 0.2) is 5.75 Å². The van der Waals surface area contributed by atoms with Crippen molar-refractivity contribution in [2.45, 2.75) is 19.1 Å². The molecule has 10 heteroatoms. The van der Waals surface area contributed by atoms with Crippen LogP contribution in [-0.2, 0) is 4.79 Å². The van der Waals surface area contributed by atoms with E-state index < -0.39 is 4.92 Å². The number of ether oxygens (including phenoxy) is 1. The van der Waals surface area contributed by atoms with Crippen molar-refractivity contribution in [2.75, 3.05) is 18.2 Å². The van der Waals surface area contributed by atoms with Gasteiger partial charge in [-0.3, -0.25) is 14.9 Å². The number of thioether (sulfide) groups is 1. The molecule has 0 spiro atoms. The van der Waals surface area contributed by atoms with Crippen molar-refractivity contribution >= 4 is 29.0 Å². The number of carbonyl (C=O) groups is 1. The Hall–Kier alpha value is -3.40. The summed E-state index contributed by atoms with van der Waals surface area (Å²) in [5.74, 6) is 0.184. The van der Waals surface area contributed by atoms with E-state index in [2.05, 4.69) is 15.5 Å². The quantitative estimate of drug-likeness (QED) is 0.350. The molecule has 150 valence electrons. The molecule has 1 N–H and O–H groups in total. The first-order chi connectivity index (χ1) is 13.9. The summed E-state index contributed by atoms with van der Waals surface area (Å²) < 4.78 is 10.7.